The zero-order valence-corrected chi connectivity index (χ0v) is 10.4. The molecule has 2 unspecified atom stereocenters. The Morgan fingerprint density at radius 1 is 1.56 bits per heavy atom. The number of carbonyl (C=O) groups excluding carboxylic acids is 1. The third-order valence-electron chi connectivity index (χ3n) is 3.05. The van der Waals surface area contributed by atoms with Crippen LogP contribution in [0.15, 0.2) is 18.2 Å². The van der Waals surface area contributed by atoms with E-state index in [-0.39, 0.29) is 11.8 Å². The molecule has 18 heavy (non-hydrogen) atoms. The minimum absolute atomic E-state index is 0.0602. The van der Waals surface area contributed by atoms with Gasteiger partial charge in [0.15, 0.2) is 17.7 Å². The molecule has 2 atom stereocenters. The van der Waals surface area contributed by atoms with Crippen molar-refractivity contribution in [2.45, 2.75) is 25.5 Å². The Labute approximate surface area is 105 Å². The molecule has 0 bridgehead atoms. The predicted octanol–water partition coefficient (Wildman–Crippen LogP) is 1.80. The monoisotopic (exact) mass is 253 g/mol. The van der Waals surface area contributed by atoms with Gasteiger partial charge >= 0.3 is 5.97 Å². The number of cyclic esters (lactones) is 1. The zero-order chi connectivity index (χ0) is 13.1. The van der Waals surface area contributed by atoms with Gasteiger partial charge in [0.2, 0.25) is 0 Å². The van der Waals surface area contributed by atoms with Crippen LogP contribution in [0.3, 0.4) is 0 Å². The van der Waals surface area contributed by atoms with Gasteiger partial charge in [0.25, 0.3) is 0 Å². The molecule has 1 saturated heterocycles. The summed E-state index contributed by atoms with van der Waals surface area (Å²) in [5.74, 6) is -0.803. The van der Waals surface area contributed by atoms with E-state index >= 15 is 0 Å². The molecule has 0 aliphatic carbocycles. The van der Waals surface area contributed by atoms with E-state index in [0.29, 0.717) is 13.0 Å². The third kappa shape index (κ3) is 2.61. The van der Waals surface area contributed by atoms with E-state index in [1.54, 1.807) is 12.1 Å². The van der Waals surface area contributed by atoms with Crippen LogP contribution >= 0.6 is 0 Å². The molecule has 1 N–H and O–H groups in total. The van der Waals surface area contributed by atoms with Crippen LogP contribution in [0.25, 0.3) is 0 Å². The van der Waals surface area contributed by atoms with Crippen molar-refractivity contribution in [1.82, 2.24) is 5.32 Å². The van der Waals surface area contributed by atoms with Gasteiger partial charge in [-0.3, -0.25) is 0 Å². The second-order valence-corrected chi connectivity index (χ2v) is 4.26. The molecule has 0 amide bonds. The van der Waals surface area contributed by atoms with Gasteiger partial charge < -0.3 is 14.8 Å². The summed E-state index contributed by atoms with van der Waals surface area (Å²) in [4.78, 5) is 11.2. The van der Waals surface area contributed by atoms with Crippen molar-refractivity contribution in [3.05, 3.63) is 29.6 Å². The minimum Gasteiger partial charge on any atom is -0.476 e. The highest BCUT2D eigenvalue weighted by molar-refractivity contribution is 5.76. The molecule has 0 radical (unpaired) electrons. The summed E-state index contributed by atoms with van der Waals surface area (Å²) in [6.45, 7) is 2.27. The summed E-state index contributed by atoms with van der Waals surface area (Å²) in [5.41, 5.74) is 0.830. The number of ether oxygens (including phenoxy) is 2. The lowest BCUT2D eigenvalue weighted by Crippen LogP contribution is -2.22. The topological polar surface area (TPSA) is 47.6 Å². The van der Waals surface area contributed by atoms with Gasteiger partial charge in [0, 0.05) is 12.5 Å². The van der Waals surface area contributed by atoms with Gasteiger partial charge in [0.1, 0.15) is 0 Å². The van der Waals surface area contributed by atoms with Crippen molar-refractivity contribution < 1.29 is 18.7 Å². The first kappa shape index (κ1) is 12.8. The van der Waals surface area contributed by atoms with Gasteiger partial charge in [-0.05, 0) is 31.7 Å². The molecule has 1 heterocycles. The van der Waals surface area contributed by atoms with Crippen LogP contribution in [0.5, 0.6) is 5.75 Å². The molecule has 1 aliphatic rings. The van der Waals surface area contributed by atoms with E-state index in [1.165, 1.54) is 6.07 Å². The van der Waals surface area contributed by atoms with Gasteiger partial charge in [0.05, 0.1) is 6.61 Å². The van der Waals surface area contributed by atoms with Gasteiger partial charge in [-0.1, -0.05) is 6.07 Å². The summed E-state index contributed by atoms with van der Waals surface area (Å²) in [5, 5.41) is 3.03. The van der Waals surface area contributed by atoms with Gasteiger partial charge in [-0.25, -0.2) is 9.18 Å². The number of halogens is 1. The normalized spacial score (nSPS) is 20.6. The highest BCUT2D eigenvalue weighted by Crippen LogP contribution is 2.24. The number of hydrogen-bond donors (Lipinski definition) is 1. The van der Waals surface area contributed by atoms with Crippen LogP contribution in [0, 0.1) is 5.82 Å². The quantitative estimate of drug-likeness (QED) is 0.831. The Kier molecular flexibility index (Phi) is 3.81. The van der Waals surface area contributed by atoms with Crippen molar-refractivity contribution in [3.63, 3.8) is 0 Å². The lowest BCUT2D eigenvalue weighted by molar-refractivity contribution is -0.143. The maximum Gasteiger partial charge on any atom is 0.347 e. The molecule has 1 fully saturated rings. The maximum atomic E-state index is 13.8. The number of hydrogen-bond acceptors (Lipinski definition) is 4. The molecule has 0 saturated carbocycles. The summed E-state index contributed by atoms with van der Waals surface area (Å²) < 4.78 is 23.9. The van der Waals surface area contributed by atoms with E-state index < -0.39 is 17.9 Å². The fraction of sp³-hybridized carbons (Fsp3) is 0.462. The fourth-order valence-corrected chi connectivity index (χ4v) is 1.79. The van der Waals surface area contributed by atoms with Crippen LogP contribution < -0.4 is 10.1 Å². The third-order valence-corrected chi connectivity index (χ3v) is 3.05. The van der Waals surface area contributed by atoms with Crippen molar-refractivity contribution in [2.75, 3.05) is 13.7 Å². The summed E-state index contributed by atoms with van der Waals surface area (Å²) in [6, 6.07) is 4.80. The molecule has 1 aromatic carbocycles. The molecular formula is C13H16FNO3. The number of nitrogens with one attached hydrogen (secondary N) is 1. The SMILES string of the molecule is CNC(C)c1ccc(OC2CCOC2=O)c(F)c1. The zero-order valence-electron chi connectivity index (χ0n) is 10.4. The molecule has 1 aromatic rings. The van der Waals surface area contributed by atoms with Crippen LogP contribution in [0.1, 0.15) is 24.9 Å². The van der Waals surface area contributed by atoms with Crippen LogP contribution in [-0.2, 0) is 9.53 Å². The van der Waals surface area contributed by atoms with Gasteiger partial charge in [-0.15, -0.1) is 0 Å². The Bertz CT molecular complexity index is 450. The Morgan fingerprint density at radius 2 is 2.33 bits per heavy atom. The first-order chi connectivity index (χ1) is 8.61. The number of rotatable bonds is 4. The van der Waals surface area contributed by atoms with E-state index in [2.05, 4.69) is 5.32 Å². The Morgan fingerprint density at radius 3 is 2.89 bits per heavy atom. The van der Waals surface area contributed by atoms with Crippen molar-refractivity contribution in [1.29, 1.82) is 0 Å². The largest absolute Gasteiger partial charge is 0.476 e. The van der Waals surface area contributed by atoms with Crippen LogP contribution in [0.4, 0.5) is 4.39 Å². The smallest absolute Gasteiger partial charge is 0.347 e. The highest BCUT2D eigenvalue weighted by atomic mass is 19.1. The van der Waals surface area contributed by atoms with Gasteiger partial charge in [-0.2, -0.15) is 0 Å². The fourth-order valence-electron chi connectivity index (χ4n) is 1.79. The molecule has 0 spiro atoms. The molecule has 5 heteroatoms. The van der Waals surface area contributed by atoms with Crippen LogP contribution in [-0.4, -0.2) is 25.7 Å². The predicted molar refractivity (Wildman–Crippen MR) is 63.9 cm³/mol. The van der Waals surface area contributed by atoms with E-state index in [9.17, 15) is 9.18 Å². The Balaban J connectivity index is 2.12. The van der Waals surface area contributed by atoms with Crippen molar-refractivity contribution in [3.8, 4) is 5.75 Å². The molecule has 1 aliphatic heterocycles. The second kappa shape index (κ2) is 5.35. The summed E-state index contributed by atoms with van der Waals surface area (Å²) in [7, 11) is 1.81. The maximum absolute atomic E-state index is 13.8. The van der Waals surface area contributed by atoms with E-state index in [4.69, 9.17) is 9.47 Å². The first-order valence-electron chi connectivity index (χ1n) is 5.92. The molecule has 2 rings (SSSR count). The number of carbonyl (C=O) groups is 1. The molecule has 4 nitrogen and oxygen atoms in total. The number of esters is 1. The summed E-state index contributed by atoms with van der Waals surface area (Å²) in [6.07, 6.45) is -0.223. The minimum atomic E-state index is -0.688. The number of benzene rings is 1. The van der Waals surface area contributed by atoms with E-state index in [0.717, 1.165) is 5.56 Å². The van der Waals surface area contributed by atoms with E-state index in [1.807, 2.05) is 14.0 Å². The molecular weight excluding hydrogens is 237 g/mol. The van der Waals surface area contributed by atoms with Crippen molar-refractivity contribution in [2.24, 2.45) is 0 Å². The molecule has 98 valence electrons. The lowest BCUT2D eigenvalue weighted by Gasteiger charge is -2.14. The first-order valence-corrected chi connectivity index (χ1v) is 5.92. The van der Waals surface area contributed by atoms with Crippen LogP contribution in [0.2, 0.25) is 0 Å². The summed E-state index contributed by atoms with van der Waals surface area (Å²) >= 11 is 0. The highest BCUT2D eigenvalue weighted by Gasteiger charge is 2.29. The average Bonchev–Trinajstić information content (AvgIpc) is 2.76. The average molecular weight is 253 g/mol. The molecule has 0 aromatic heterocycles. The second-order valence-electron chi connectivity index (χ2n) is 4.26. The van der Waals surface area contributed by atoms with Crippen molar-refractivity contribution >= 4 is 5.97 Å². The Hall–Kier alpha value is -1.62. The standard InChI is InChI=1S/C13H16FNO3/c1-8(15-2)9-3-4-11(10(14)7-9)18-12-5-6-17-13(12)16/h3-4,7-8,12,15H,5-6H2,1-2H3. The lowest BCUT2D eigenvalue weighted by atomic mass is 10.1.